The minimum Gasteiger partial charge on any atom is -0.475 e. The highest BCUT2D eigenvalue weighted by Gasteiger charge is 2.38. The van der Waals surface area contributed by atoms with Crippen molar-refractivity contribution in [3.8, 4) is 5.75 Å². The number of hydrogen-bond donors (Lipinski definition) is 2. The Morgan fingerprint density at radius 2 is 1.65 bits per heavy atom. The van der Waals surface area contributed by atoms with Crippen LogP contribution in [0.1, 0.15) is 21.5 Å². The summed E-state index contributed by atoms with van der Waals surface area (Å²) < 4.78 is 50.2. The first-order valence-corrected chi connectivity index (χ1v) is 7.12. The maximum absolute atomic E-state index is 13.3. The number of benzene rings is 2. The first kappa shape index (κ1) is 21.1. The van der Waals surface area contributed by atoms with Crippen LogP contribution in [0.15, 0.2) is 42.5 Å². The van der Waals surface area contributed by atoms with Crippen LogP contribution in [0.4, 0.5) is 17.6 Å². The van der Waals surface area contributed by atoms with Crippen LogP contribution in [0.5, 0.6) is 5.75 Å². The highest BCUT2D eigenvalue weighted by molar-refractivity contribution is 5.91. The van der Waals surface area contributed by atoms with Gasteiger partial charge in [-0.2, -0.15) is 13.2 Å². The highest BCUT2D eigenvalue weighted by Crippen LogP contribution is 2.17. The largest absolute Gasteiger partial charge is 0.490 e. The summed E-state index contributed by atoms with van der Waals surface area (Å²) in [6.07, 6.45) is -5.08. The summed E-state index contributed by atoms with van der Waals surface area (Å²) in [7, 11) is 0. The van der Waals surface area contributed by atoms with Gasteiger partial charge >= 0.3 is 18.1 Å². The van der Waals surface area contributed by atoms with Gasteiger partial charge in [0.15, 0.2) is 0 Å². The maximum Gasteiger partial charge on any atom is 0.490 e. The second-order valence-corrected chi connectivity index (χ2v) is 5.00. The van der Waals surface area contributed by atoms with Crippen molar-refractivity contribution in [2.24, 2.45) is 5.73 Å². The number of aryl methyl sites for hydroxylation is 1. The van der Waals surface area contributed by atoms with Gasteiger partial charge in [0.2, 0.25) is 0 Å². The van der Waals surface area contributed by atoms with E-state index in [0.717, 1.165) is 5.56 Å². The molecule has 0 unspecified atom stereocenters. The standard InChI is InChI=1S/C15H14FNO2.C2HF3O2/c1-10-2-7-13(8-14(10)16)19-15(18)12-5-3-11(9-17)4-6-12;3-2(4,5)1(6)7/h2-8H,9,17H2,1H3;(H,6,7). The average molecular weight is 373 g/mol. The van der Waals surface area contributed by atoms with Crippen molar-refractivity contribution in [3.63, 3.8) is 0 Å². The lowest BCUT2D eigenvalue weighted by Gasteiger charge is -2.06. The van der Waals surface area contributed by atoms with Crippen LogP contribution in [-0.4, -0.2) is 23.2 Å². The Kier molecular flexibility index (Phi) is 7.27. The second kappa shape index (κ2) is 8.95. The fourth-order valence-corrected chi connectivity index (χ4v) is 1.58. The number of aliphatic carboxylic acids is 1. The number of carbonyl (C=O) groups excluding carboxylic acids is 1. The Balaban J connectivity index is 0.000000412. The lowest BCUT2D eigenvalue weighted by molar-refractivity contribution is -0.192. The molecule has 0 heterocycles. The van der Waals surface area contributed by atoms with Gasteiger partial charge in [-0.3, -0.25) is 0 Å². The van der Waals surface area contributed by atoms with E-state index in [0.29, 0.717) is 17.7 Å². The van der Waals surface area contributed by atoms with Gasteiger partial charge in [0, 0.05) is 12.6 Å². The van der Waals surface area contributed by atoms with Crippen LogP contribution in [0, 0.1) is 12.7 Å². The number of ether oxygens (including phenoxy) is 1. The minimum absolute atomic E-state index is 0.191. The number of esters is 1. The van der Waals surface area contributed by atoms with Crippen molar-refractivity contribution in [1.82, 2.24) is 0 Å². The van der Waals surface area contributed by atoms with Crippen molar-refractivity contribution >= 4 is 11.9 Å². The van der Waals surface area contributed by atoms with Crippen molar-refractivity contribution < 1.29 is 37.0 Å². The number of carbonyl (C=O) groups is 2. The van der Waals surface area contributed by atoms with E-state index in [1.807, 2.05) is 0 Å². The normalized spacial score (nSPS) is 10.5. The third-order valence-electron chi connectivity index (χ3n) is 3.02. The van der Waals surface area contributed by atoms with E-state index in [-0.39, 0.29) is 5.75 Å². The van der Waals surface area contributed by atoms with Crippen LogP contribution in [0.3, 0.4) is 0 Å². The molecule has 0 amide bonds. The first-order valence-electron chi connectivity index (χ1n) is 7.12. The van der Waals surface area contributed by atoms with Crippen molar-refractivity contribution in [2.75, 3.05) is 0 Å². The SMILES string of the molecule is Cc1ccc(OC(=O)c2ccc(CN)cc2)cc1F.O=C(O)C(F)(F)F. The monoisotopic (exact) mass is 373 g/mol. The molecule has 2 aromatic rings. The van der Waals surface area contributed by atoms with Crippen LogP contribution < -0.4 is 10.5 Å². The van der Waals surface area contributed by atoms with E-state index in [9.17, 15) is 22.4 Å². The molecular weight excluding hydrogens is 358 g/mol. The predicted octanol–water partition coefficient (Wildman–Crippen LogP) is 3.45. The topological polar surface area (TPSA) is 89.6 Å². The summed E-state index contributed by atoms with van der Waals surface area (Å²) in [4.78, 5) is 20.7. The van der Waals surface area contributed by atoms with Crippen LogP contribution in [-0.2, 0) is 11.3 Å². The molecule has 3 N–H and O–H groups in total. The van der Waals surface area contributed by atoms with Gasteiger partial charge in [-0.25, -0.2) is 14.0 Å². The summed E-state index contributed by atoms with van der Waals surface area (Å²) in [5.74, 6) is -3.49. The van der Waals surface area contributed by atoms with Gasteiger partial charge in [0.1, 0.15) is 11.6 Å². The number of nitrogens with two attached hydrogens (primary N) is 1. The third kappa shape index (κ3) is 6.52. The van der Waals surface area contributed by atoms with Crippen LogP contribution in [0.2, 0.25) is 0 Å². The number of alkyl halides is 3. The molecular formula is C17H15F4NO4. The van der Waals surface area contributed by atoms with E-state index in [1.165, 1.54) is 6.07 Å². The Morgan fingerprint density at radius 1 is 1.12 bits per heavy atom. The fraction of sp³-hybridized carbons (Fsp3) is 0.176. The van der Waals surface area contributed by atoms with Crippen LogP contribution >= 0.6 is 0 Å². The molecule has 0 bridgehead atoms. The molecule has 0 aliphatic carbocycles. The second-order valence-electron chi connectivity index (χ2n) is 5.00. The van der Waals surface area contributed by atoms with E-state index in [2.05, 4.69) is 0 Å². The van der Waals surface area contributed by atoms with Crippen LogP contribution in [0.25, 0.3) is 0 Å². The van der Waals surface area contributed by atoms with Crippen molar-refractivity contribution in [2.45, 2.75) is 19.6 Å². The van der Waals surface area contributed by atoms with Gasteiger partial charge in [-0.1, -0.05) is 18.2 Å². The number of carboxylic acids is 1. The third-order valence-corrected chi connectivity index (χ3v) is 3.02. The highest BCUT2D eigenvalue weighted by atomic mass is 19.4. The summed E-state index contributed by atoms with van der Waals surface area (Å²) in [6, 6.07) is 11.1. The summed E-state index contributed by atoms with van der Waals surface area (Å²) >= 11 is 0. The lowest BCUT2D eigenvalue weighted by atomic mass is 10.1. The van der Waals surface area contributed by atoms with E-state index < -0.39 is 23.9 Å². The molecule has 9 heteroatoms. The fourth-order valence-electron chi connectivity index (χ4n) is 1.58. The Hall–Kier alpha value is -2.94. The molecule has 2 aromatic carbocycles. The molecule has 0 fully saturated rings. The van der Waals surface area contributed by atoms with Gasteiger partial charge in [0.25, 0.3) is 0 Å². The number of rotatable bonds is 3. The first-order chi connectivity index (χ1) is 12.0. The molecule has 0 saturated heterocycles. The van der Waals surface area contributed by atoms with Gasteiger partial charge in [-0.05, 0) is 36.2 Å². The van der Waals surface area contributed by atoms with Gasteiger partial charge in [0.05, 0.1) is 5.56 Å². The Bertz CT molecular complexity index is 773. The van der Waals surface area contributed by atoms with Gasteiger partial charge in [-0.15, -0.1) is 0 Å². The summed E-state index contributed by atoms with van der Waals surface area (Å²) in [6.45, 7) is 2.06. The maximum atomic E-state index is 13.3. The molecule has 0 aliphatic heterocycles. The number of carboxylic acid groups (broad SMARTS) is 1. The predicted molar refractivity (Wildman–Crippen MR) is 84.1 cm³/mol. The van der Waals surface area contributed by atoms with E-state index in [4.69, 9.17) is 20.4 Å². The molecule has 0 spiro atoms. The Labute approximate surface area is 146 Å². The van der Waals surface area contributed by atoms with Crippen molar-refractivity contribution in [3.05, 3.63) is 65.0 Å². The summed E-state index contributed by atoms with van der Waals surface area (Å²) in [5.41, 5.74) is 7.31. The molecule has 26 heavy (non-hydrogen) atoms. The molecule has 140 valence electrons. The molecule has 0 radical (unpaired) electrons. The van der Waals surface area contributed by atoms with E-state index >= 15 is 0 Å². The molecule has 5 nitrogen and oxygen atoms in total. The average Bonchev–Trinajstić information content (AvgIpc) is 2.58. The number of halogens is 4. The van der Waals surface area contributed by atoms with Crippen molar-refractivity contribution in [1.29, 1.82) is 0 Å². The molecule has 0 aromatic heterocycles. The minimum atomic E-state index is -5.08. The Morgan fingerprint density at radius 3 is 2.08 bits per heavy atom. The quantitative estimate of drug-likeness (QED) is 0.489. The van der Waals surface area contributed by atoms with Gasteiger partial charge < -0.3 is 15.6 Å². The van der Waals surface area contributed by atoms with E-state index in [1.54, 1.807) is 43.3 Å². The molecule has 0 aliphatic rings. The molecule has 0 atom stereocenters. The zero-order chi connectivity index (χ0) is 19.9. The lowest BCUT2D eigenvalue weighted by Crippen LogP contribution is -2.21. The number of hydrogen-bond acceptors (Lipinski definition) is 4. The smallest absolute Gasteiger partial charge is 0.475 e. The zero-order valence-electron chi connectivity index (χ0n) is 13.5. The molecule has 2 rings (SSSR count). The zero-order valence-corrected chi connectivity index (χ0v) is 13.5. The summed E-state index contributed by atoms with van der Waals surface area (Å²) in [5, 5.41) is 7.12. The molecule has 0 saturated carbocycles.